The van der Waals surface area contributed by atoms with Crippen molar-refractivity contribution in [2.75, 3.05) is 6.61 Å². The molecule has 0 radical (unpaired) electrons. The van der Waals surface area contributed by atoms with Crippen molar-refractivity contribution in [3.63, 3.8) is 0 Å². The second-order valence-corrected chi connectivity index (χ2v) is 4.36. The Labute approximate surface area is 102 Å². The van der Waals surface area contributed by atoms with Crippen LogP contribution in [0.1, 0.15) is 37.3 Å². The third-order valence-corrected chi connectivity index (χ3v) is 3.05. The van der Waals surface area contributed by atoms with Gasteiger partial charge in [-0.1, -0.05) is 37.6 Å². The number of cyclic esters (lactones) is 1. The second-order valence-electron chi connectivity index (χ2n) is 4.36. The van der Waals surface area contributed by atoms with Crippen molar-refractivity contribution in [1.82, 2.24) is 0 Å². The Bertz CT molecular complexity index is 432. The lowest BCUT2D eigenvalue weighted by Crippen LogP contribution is -2.13. The SMILES string of the molecule is CCCC/C1=C/c2ccccc2CCOC1=O. The number of ether oxygens (including phenoxy) is 1. The van der Waals surface area contributed by atoms with Gasteiger partial charge in [0.05, 0.1) is 6.61 Å². The molecule has 2 heteroatoms. The number of benzene rings is 1. The van der Waals surface area contributed by atoms with E-state index in [1.807, 2.05) is 18.2 Å². The molecule has 1 aliphatic heterocycles. The minimum absolute atomic E-state index is 0.145. The fourth-order valence-electron chi connectivity index (χ4n) is 2.04. The van der Waals surface area contributed by atoms with Gasteiger partial charge in [-0.15, -0.1) is 0 Å². The Morgan fingerprint density at radius 3 is 2.94 bits per heavy atom. The standard InChI is InChI=1S/C15H18O2/c1-2-3-6-14-11-13-8-5-4-7-12(13)9-10-17-15(14)16/h4-5,7-8,11H,2-3,6,9-10H2,1H3/b14-11-. The second kappa shape index (κ2) is 5.67. The van der Waals surface area contributed by atoms with Gasteiger partial charge in [-0.25, -0.2) is 4.79 Å². The van der Waals surface area contributed by atoms with E-state index in [2.05, 4.69) is 19.1 Å². The number of esters is 1. The monoisotopic (exact) mass is 230 g/mol. The number of unbranched alkanes of at least 4 members (excludes halogenated alkanes) is 1. The quantitative estimate of drug-likeness (QED) is 0.744. The van der Waals surface area contributed by atoms with E-state index in [4.69, 9.17) is 4.74 Å². The molecule has 0 atom stereocenters. The topological polar surface area (TPSA) is 26.3 Å². The Balaban J connectivity index is 2.31. The summed E-state index contributed by atoms with van der Waals surface area (Å²) in [6.07, 6.45) is 5.73. The molecule has 0 fully saturated rings. The number of carbonyl (C=O) groups is 1. The Morgan fingerprint density at radius 1 is 1.29 bits per heavy atom. The lowest BCUT2D eigenvalue weighted by molar-refractivity contribution is -0.139. The molecule has 1 aliphatic rings. The lowest BCUT2D eigenvalue weighted by atomic mass is 9.99. The molecule has 0 saturated carbocycles. The summed E-state index contributed by atoms with van der Waals surface area (Å²) in [4.78, 5) is 11.8. The largest absolute Gasteiger partial charge is 0.462 e. The average Bonchev–Trinajstić information content (AvgIpc) is 2.33. The highest BCUT2D eigenvalue weighted by Gasteiger charge is 2.14. The first-order valence-electron chi connectivity index (χ1n) is 6.27. The molecule has 0 unspecified atom stereocenters. The van der Waals surface area contributed by atoms with Crippen LogP contribution < -0.4 is 0 Å². The van der Waals surface area contributed by atoms with Gasteiger partial charge in [-0.3, -0.25) is 0 Å². The molecular weight excluding hydrogens is 212 g/mol. The number of hydrogen-bond acceptors (Lipinski definition) is 2. The van der Waals surface area contributed by atoms with E-state index in [9.17, 15) is 4.79 Å². The molecule has 0 spiro atoms. The predicted octanol–water partition coefficient (Wildman–Crippen LogP) is 3.36. The van der Waals surface area contributed by atoms with Crippen molar-refractivity contribution >= 4 is 12.0 Å². The maximum absolute atomic E-state index is 11.8. The van der Waals surface area contributed by atoms with Crippen LogP contribution in [0.5, 0.6) is 0 Å². The Morgan fingerprint density at radius 2 is 2.12 bits per heavy atom. The summed E-state index contributed by atoms with van der Waals surface area (Å²) >= 11 is 0. The van der Waals surface area contributed by atoms with Gasteiger partial charge in [-0.05, 0) is 30.0 Å². The van der Waals surface area contributed by atoms with E-state index >= 15 is 0 Å². The van der Waals surface area contributed by atoms with Crippen LogP contribution in [0.4, 0.5) is 0 Å². The smallest absolute Gasteiger partial charge is 0.334 e. The predicted molar refractivity (Wildman–Crippen MR) is 68.6 cm³/mol. The molecule has 17 heavy (non-hydrogen) atoms. The van der Waals surface area contributed by atoms with Gasteiger partial charge >= 0.3 is 5.97 Å². The molecule has 0 saturated heterocycles. The summed E-state index contributed by atoms with van der Waals surface area (Å²) in [5.41, 5.74) is 3.23. The third-order valence-electron chi connectivity index (χ3n) is 3.05. The zero-order valence-corrected chi connectivity index (χ0v) is 10.2. The minimum Gasteiger partial charge on any atom is -0.462 e. The normalized spacial score (nSPS) is 18.4. The first-order chi connectivity index (χ1) is 8.31. The number of rotatable bonds is 3. The summed E-state index contributed by atoms with van der Waals surface area (Å²) in [6, 6.07) is 8.21. The van der Waals surface area contributed by atoms with E-state index in [1.165, 1.54) is 5.56 Å². The van der Waals surface area contributed by atoms with Crippen LogP contribution in [-0.2, 0) is 16.0 Å². The van der Waals surface area contributed by atoms with Crippen LogP contribution >= 0.6 is 0 Å². The summed E-state index contributed by atoms with van der Waals surface area (Å²) in [5.74, 6) is -0.145. The summed E-state index contributed by atoms with van der Waals surface area (Å²) in [5, 5.41) is 0. The molecule has 1 aromatic carbocycles. The van der Waals surface area contributed by atoms with Crippen LogP contribution in [0.25, 0.3) is 6.08 Å². The van der Waals surface area contributed by atoms with Crippen LogP contribution in [0.3, 0.4) is 0 Å². The van der Waals surface area contributed by atoms with Gasteiger partial charge in [0.2, 0.25) is 0 Å². The Hall–Kier alpha value is -1.57. The zero-order valence-electron chi connectivity index (χ0n) is 10.2. The Kier molecular flexibility index (Phi) is 3.97. The first-order valence-corrected chi connectivity index (χ1v) is 6.27. The van der Waals surface area contributed by atoms with Crippen LogP contribution in [-0.4, -0.2) is 12.6 Å². The van der Waals surface area contributed by atoms with Crippen LogP contribution in [0.15, 0.2) is 29.8 Å². The number of hydrogen-bond donors (Lipinski definition) is 0. The fraction of sp³-hybridized carbons (Fsp3) is 0.400. The maximum Gasteiger partial charge on any atom is 0.334 e. The molecule has 2 rings (SSSR count). The molecular formula is C15H18O2. The third kappa shape index (κ3) is 2.96. The summed E-state index contributed by atoms with van der Waals surface area (Å²) < 4.78 is 5.24. The molecule has 0 aliphatic carbocycles. The van der Waals surface area contributed by atoms with Gasteiger partial charge < -0.3 is 4.74 Å². The molecule has 1 heterocycles. The van der Waals surface area contributed by atoms with Crippen molar-refractivity contribution in [2.24, 2.45) is 0 Å². The van der Waals surface area contributed by atoms with Crippen molar-refractivity contribution in [1.29, 1.82) is 0 Å². The van der Waals surface area contributed by atoms with Gasteiger partial charge in [0.25, 0.3) is 0 Å². The van der Waals surface area contributed by atoms with E-state index < -0.39 is 0 Å². The van der Waals surface area contributed by atoms with E-state index in [0.29, 0.717) is 6.61 Å². The van der Waals surface area contributed by atoms with Crippen LogP contribution in [0.2, 0.25) is 0 Å². The lowest BCUT2D eigenvalue weighted by Gasteiger charge is -2.14. The van der Waals surface area contributed by atoms with Crippen molar-refractivity contribution < 1.29 is 9.53 Å². The maximum atomic E-state index is 11.8. The highest BCUT2D eigenvalue weighted by molar-refractivity contribution is 5.94. The van der Waals surface area contributed by atoms with E-state index in [1.54, 1.807) is 0 Å². The zero-order chi connectivity index (χ0) is 12.1. The molecule has 0 aromatic heterocycles. The molecule has 90 valence electrons. The molecule has 0 N–H and O–H groups in total. The van der Waals surface area contributed by atoms with Crippen LogP contribution in [0, 0.1) is 0 Å². The van der Waals surface area contributed by atoms with E-state index in [-0.39, 0.29) is 5.97 Å². The van der Waals surface area contributed by atoms with Crippen molar-refractivity contribution in [3.05, 3.63) is 41.0 Å². The number of carbonyl (C=O) groups excluding carboxylic acids is 1. The highest BCUT2D eigenvalue weighted by Crippen LogP contribution is 2.20. The summed E-state index contributed by atoms with van der Waals surface area (Å²) in [6.45, 7) is 2.61. The average molecular weight is 230 g/mol. The minimum atomic E-state index is -0.145. The van der Waals surface area contributed by atoms with E-state index in [0.717, 1.165) is 36.8 Å². The molecule has 1 aromatic rings. The first kappa shape index (κ1) is 11.9. The van der Waals surface area contributed by atoms with Gasteiger partial charge in [-0.2, -0.15) is 0 Å². The number of fused-ring (bicyclic) bond motifs is 1. The fourth-order valence-corrected chi connectivity index (χ4v) is 2.04. The van der Waals surface area contributed by atoms with Crippen molar-refractivity contribution in [3.8, 4) is 0 Å². The summed E-state index contributed by atoms with van der Waals surface area (Å²) in [7, 11) is 0. The van der Waals surface area contributed by atoms with Crippen molar-refractivity contribution in [2.45, 2.75) is 32.6 Å². The van der Waals surface area contributed by atoms with Gasteiger partial charge in [0.1, 0.15) is 0 Å². The molecule has 0 bridgehead atoms. The molecule has 2 nitrogen and oxygen atoms in total. The van der Waals surface area contributed by atoms with Gasteiger partial charge in [0, 0.05) is 12.0 Å². The highest BCUT2D eigenvalue weighted by atomic mass is 16.5. The molecule has 0 amide bonds. The van der Waals surface area contributed by atoms with Gasteiger partial charge in [0.15, 0.2) is 0 Å².